The number of anilines is 1. The summed E-state index contributed by atoms with van der Waals surface area (Å²) in [6, 6.07) is 4.48. The minimum Gasteiger partial charge on any atom is -0.367 e. The summed E-state index contributed by atoms with van der Waals surface area (Å²) in [4.78, 5) is 10.8. The number of nitrogens with one attached hydrogen (secondary N) is 1. The lowest BCUT2D eigenvalue weighted by molar-refractivity contribution is 0.205. The quantitative estimate of drug-likeness (QED) is 0.929. The van der Waals surface area contributed by atoms with Gasteiger partial charge in [-0.2, -0.15) is 0 Å². The zero-order chi connectivity index (χ0) is 14.7. The van der Waals surface area contributed by atoms with Gasteiger partial charge in [-0.15, -0.1) is 0 Å². The molecule has 0 atom stereocenters. The van der Waals surface area contributed by atoms with Gasteiger partial charge in [0.25, 0.3) is 0 Å². The van der Waals surface area contributed by atoms with Crippen LogP contribution < -0.4 is 5.32 Å². The zero-order valence-corrected chi connectivity index (χ0v) is 12.5. The van der Waals surface area contributed by atoms with Crippen molar-refractivity contribution in [3.05, 3.63) is 35.6 Å². The Kier molecular flexibility index (Phi) is 4.15. The average Bonchev–Trinajstić information content (AvgIpc) is 2.86. The summed E-state index contributed by atoms with van der Waals surface area (Å²) in [5, 5.41) is 7.56. The molecule has 1 saturated heterocycles. The van der Waals surface area contributed by atoms with E-state index in [0.29, 0.717) is 6.04 Å². The van der Waals surface area contributed by atoms with Crippen molar-refractivity contribution in [1.29, 1.82) is 0 Å². The molecule has 0 aromatic carbocycles. The smallest absolute Gasteiger partial charge is 0.133 e. The van der Waals surface area contributed by atoms with Crippen LogP contribution in [0.2, 0.25) is 0 Å². The molecule has 3 rings (SSSR count). The fourth-order valence-corrected chi connectivity index (χ4v) is 2.70. The van der Waals surface area contributed by atoms with Gasteiger partial charge in [-0.3, -0.25) is 4.90 Å². The Morgan fingerprint density at radius 2 is 2.05 bits per heavy atom. The van der Waals surface area contributed by atoms with Crippen molar-refractivity contribution >= 4 is 5.82 Å². The number of nitrogens with zero attached hydrogens (tertiary/aromatic N) is 4. The molecule has 1 N–H and O–H groups in total. The summed E-state index contributed by atoms with van der Waals surface area (Å²) in [7, 11) is 0. The highest BCUT2D eigenvalue weighted by molar-refractivity contribution is 5.35. The Morgan fingerprint density at radius 3 is 2.71 bits per heavy atom. The van der Waals surface area contributed by atoms with Crippen LogP contribution in [0.1, 0.15) is 30.0 Å². The molecule has 21 heavy (non-hydrogen) atoms. The van der Waals surface area contributed by atoms with Crippen LogP contribution in [0.4, 0.5) is 5.82 Å². The van der Waals surface area contributed by atoms with Gasteiger partial charge in [-0.1, -0.05) is 5.16 Å². The number of hydrogen-bond donors (Lipinski definition) is 1. The molecule has 0 amide bonds. The molecule has 0 bridgehead atoms. The first-order valence-corrected chi connectivity index (χ1v) is 7.39. The van der Waals surface area contributed by atoms with E-state index >= 15 is 0 Å². The molecule has 6 nitrogen and oxygen atoms in total. The number of aromatic nitrogens is 3. The lowest BCUT2D eigenvalue weighted by Crippen LogP contribution is -2.38. The third-order valence-corrected chi connectivity index (χ3v) is 3.81. The maximum atomic E-state index is 5.11. The van der Waals surface area contributed by atoms with Crippen LogP contribution in [0.25, 0.3) is 0 Å². The first-order chi connectivity index (χ1) is 10.2. The van der Waals surface area contributed by atoms with Gasteiger partial charge < -0.3 is 9.84 Å². The first-order valence-electron chi connectivity index (χ1n) is 7.39. The highest BCUT2D eigenvalue weighted by Gasteiger charge is 2.20. The second-order valence-corrected chi connectivity index (χ2v) is 5.67. The Labute approximate surface area is 124 Å². The van der Waals surface area contributed by atoms with Crippen LogP contribution in [0.5, 0.6) is 0 Å². The van der Waals surface area contributed by atoms with Gasteiger partial charge in [-0.05, 0) is 26.7 Å². The number of aryl methyl sites for hydroxylation is 2. The van der Waals surface area contributed by atoms with Crippen molar-refractivity contribution in [2.75, 3.05) is 18.4 Å². The van der Waals surface area contributed by atoms with E-state index in [-0.39, 0.29) is 0 Å². The van der Waals surface area contributed by atoms with Gasteiger partial charge in [0.1, 0.15) is 17.9 Å². The molecule has 1 aliphatic rings. The highest BCUT2D eigenvalue weighted by atomic mass is 16.5. The molecule has 2 aromatic heterocycles. The molecule has 112 valence electrons. The molecule has 0 radical (unpaired) electrons. The van der Waals surface area contributed by atoms with Crippen molar-refractivity contribution in [2.45, 2.75) is 39.3 Å². The molecule has 3 heterocycles. The average molecular weight is 287 g/mol. The number of rotatable bonds is 4. The van der Waals surface area contributed by atoms with E-state index < -0.39 is 0 Å². The van der Waals surface area contributed by atoms with Crippen LogP contribution in [0, 0.1) is 13.8 Å². The molecule has 1 fully saturated rings. The van der Waals surface area contributed by atoms with Crippen LogP contribution in [-0.4, -0.2) is 39.2 Å². The van der Waals surface area contributed by atoms with E-state index in [1.165, 1.54) is 0 Å². The van der Waals surface area contributed by atoms with Gasteiger partial charge >= 0.3 is 0 Å². The van der Waals surface area contributed by atoms with Crippen LogP contribution in [0.15, 0.2) is 23.0 Å². The predicted molar refractivity (Wildman–Crippen MR) is 79.9 cm³/mol. The van der Waals surface area contributed by atoms with E-state index in [4.69, 9.17) is 4.52 Å². The minimum atomic E-state index is 0.481. The Morgan fingerprint density at radius 1 is 1.24 bits per heavy atom. The summed E-state index contributed by atoms with van der Waals surface area (Å²) in [6.45, 7) is 6.91. The monoisotopic (exact) mass is 287 g/mol. The molecule has 6 heteroatoms. The SMILES string of the molecule is Cc1cc(NC2CCN(Cc3cc(C)on3)CC2)ncn1. The third-order valence-electron chi connectivity index (χ3n) is 3.81. The lowest BCUT2D eigenvalue weighted by Gasteiger charge is -2.32. The zero-order valence-electron chi connectivity index (χ0n) is 12.5. The van der Waals surface area contributed by atoms with Gasteiger partial charge in [0, 0.05) is 43.5 Å². The minimum absolute atomic E-state index is 0.481. The predicted octanol–water partition coefficient (Wildman–Crippen LogP) is 2.16. The topological polar surface area (TPSA) is 67.1 Å². The summed E-state index contributed by atoms with van der Waals surface area (Å²) >= 11 is 0. The maximum Gasteiger partial charge on any atom is 0.133 e. The van der Waals surface area contributed by atoms with Crippen LogP contribution >= 0.6 is 0 Å². The van der Waals surface area contributed by atoms with Crippen LogP contribution in [-0.2, 0) is 6.54 Å². The van der Waals surface area contributed by atoms with Gasteiger partial charge in [0.15, 0.2) is 0 Å². The van der Waals surface area contributed by atoms with Crippen LogP contribution in [0.3, 0.4) is 0 Å². The van der Waals surface area contributed by atoms with Gasteiger partial charge in [0.2, 0.25) is 0 Å². The molecule has 0 spiro atoms. The highest BCUT2D eigenvalue weighted by Crippen LogP contribution is 2.17. The van der Waals surface area contributed by atoms with Crippen molar-refractivity contribution in [2.24, 2.45) is 0 Å². The van der Waals surface area contributed by atoms with Crippen molar-refractivity contribution in [3.63, 3.8) is 0 Å². The Bertz CT molecular complexity index is 589. The molecular weight excluding hydrogens is 266 g/mol. The molecule has 2 aromatic rings. The van der Waals surface area contributed by atoms with E-state index in [1.54, 1.807) is 6.33 Å². The van der Waals surface area contributed by atoms with E-state index in [2.05, 4.69) is 25.3 Å². The number of piperidine rings is 1. The molecule has 0 saturated carbocycles. The Hall–Kier alpha value is -1.95. The molecule has 0 unspecified atom stereocenters. The van der Waals surface area contributed by atoms with E-state index in [1.807, 2.05) is 26.0 Å². The largest absolute Gasteiger partial charge is 0.367 e. The summed E-state index contributed by atoms with van der Waals surface area (Å²) < 4.78 is 5.11. The Balaban J connectivity index is 1.48. The van der Waals surface area contributed by atoms with Crippen molar-refractivity contribution in [3.8, 4) is 0 Å². The molecule has 1 aliphatic heterocycles. The normalized spacial score (nSPS) is 17.0. The second-order valence-electron chi connectivity index (χ2n) is 5.67. The summed E-state index contributed by atoms with van der Waals surface area (Å²) in [5.74, 6) is 1.80. The number of likely N-dealkylation sites (tertiary alicyclic amines) is 1. The van der Waals surface area contributed by atoms with Gasteiger partial charge in [0.05, 0.1) is 5.69 Å². The first kappa shape index (κ1) is 14.0. The molecular formula is C15H21N5O. The van der Waals surface area contributed by atoms with E-state index in [0.717, 1.165) is 55.4 Å². The summed E-state index contributed by atoms with van der Waals surface area (Å²) in [6.07, 6.45) is 3.83. The second kappa shape index (κ2) is 6.22. The number of hydrogen-bond acceptors (Lipinski definition) is 6. The van der Waals surface area contributed by atoms with Gasteiger partial charge in [-0.25, -0.2) is 9.97 Å². The fraction of sp³-hybridized carbons (Fsp3) is 0.533. The third kappa shape index (κ3) is 3.78. The fourth-order valence-electron chi connectivity index (χ4n) is 2.70. The molecule has 0 aliphatic carbocycles. The maximum absolute atomic E-state index is 5.11. The van der Waals surface area contributed by atoms with Crippen molar-refractivity contribution in [1.82, 2.24) is 20.0 Å². The van der Waals surface area contributed by atoms with Crippen molar-refractivity contribution < 1.29 is 4.52 Å². The van der Waals surface area contributed by atoms with E-state index in [9.17, 15) is 0 Å². The standard InChI is InChI=1S/C15H21N5O/c1-11-7-15(17-10-16-11)18-13-3-5-20(6-4-13)9-14-8-12(2)21-19-14/h7-8,10,13H,3-6,9H2,1-2H3,(H,16,17,18). The lowest BCUT2D eigenvalue weighted by atomic mass is 10.0. The summed E-state index contributed by atoms with van der Waals surface area (Å²) in [5.41, 5.74) is 2.01.